The summed E-state index contributed by atoms with van der Waals surface area (Å²) in [5.41, 5.74) is -0.560. The Balaban J connectivity index is 1.88. The molecule has 0 aliphatic rings. The van der Waals surface area contributed by atoms with Crippen LogP contribution in [0.5, 0.6) is 0 Å². The Morgan fingerprint density at radius 3 is 2.48 bits per heavy atom. The van der Waals surface area contributed by atoms with E-state index >= 15 is 0 Å². The first-order valence-corrected chi connectivity index (χ1v) is 7.04. The molecule has 0 atom stereocenters. The minimum Gasteiger partial charge on any atom is -0.352 e. The van der Waals surface area contributed by atoms with Crippen molar-refractivity contribution in [3.63, 3.8) is 0 Å². The highest BCUT2D eigenvalue weighted by Gasteiger charge is 2.30. The van der Waals surface area contributed by atoms with Crippen molar-refractivity contribution >= 4 is 17.2 Å². The van der Waals surface area contributed by atoms with Gasteiger partial charge in [0.2, 0.25) is 0 Å². The maximum absolute atomic E-state index is 12.4. The highest BCUT2D eigenvalue weighted by atomic mass is 32.1. The lowest BCUT2D eigenvalue weighted by Crippen LogP contribution is -2.25. The number of carbonyl (C=O) groups is 1. The third-order valence-corrected chi connectivity index (χ3v) is 3.74. The summed E-state index contributed by atoms with van der Waals surface area (Å²) in [6.07, 6.45) is -2.03. The number of thiazole rings is 1. The molecular formula is C14H13F3N2OS. The lowest BCUT2D eigenvalue weighted by atomic mass is 10.1. The molecule has 112 valence electrons. The van der Waals surface area contributed by atoms with E-state index in [-0.39, 0.29) is 5.56 Å². The van der Waals surface area contributed by atoms with Crippen molar-refractivity contribution in [2.45, 2.75) is 19.5 Å². The van der Waals surface area contributed by atoms with Crippen molar-refractivity contribution < 1.29 is 18.0 Å². The fourth-order valence-electron chi connectivity index (χ4n) is 1.71. The topological polar surface area (TPSA) is 42.0 Å². The number of rotatable bonds is 4. The van der Waals surface area contributed by atoms with E-state index in [0.717, 1.165) is 22.0 Å². The van der Waals surface area contributed by atoms with Crippen LogP contribution >= 0.6 is 11.3 Å². The third-order valence-electron chi connectivity index (χ3n) is 2.77. The number of nitrogens with one attached hydrogen (secondary N) is 1. The maximum Gasteiger partial charge on any atom is 0.416 e. The molecule has 0 unspecified atom stereocenters. The number of amides is 1. The Bertz CT molecular complexity index is 620. The average molecular weight is 314 g/mol. The van der Waals surface area contributed by atoms with Gasteiger partial charge in [-0.15, -0.1) is 11.3 Å². The van der Waals surface area contributed by atoms with Crippen molar-refractivity contribution in [1.82, 2.24) is 10.3 Å². The number of carbonyl (C=O) groups excluding carboxylic acids is 1. The largest absolute Gasteiger partial charge is 0.416 e. The maximum atomic E-state index is 12.4. The van der Waals surface area contributed by atoms with Crippen LogP contribution in [0.2, 0.25) is 0 Å². The molecule has 0 radical (unpaired) electrons. The fraction of sp³-hybridized carbons (Fsp3) is 0.286. The van der Waals surface area contributed by atoms with E-state index in [1.165, 1.54) is 12.1 Å². The number of nitrogens with zero attached hydrogens (tertiary/aromatic N) is 1. The second-order valence-electron chi connectivity index (χ2n) is 4.45. The second-order valence-corrected chi connectivity index (χ2v) is 5.76. The van der Waals surface area contributed by atoms with Gasteiger partial charge in [0.1, 0.15) is 0 Å². The molecule has 21 heavy (non-hydrogen) atoms. The van der Waals surface area contributed by atoms with Gasteiger partial charge in [0.05, 0.1) is 10.6 Å². The van der Waals surface area contributed by atoms with Crippen LogP contribution in [0, 0.1) is 6.92 Å². The summed E-state index contributed by atoms with van der Waals surface area (Å²) in [5.74, 6) is -0.392. The Hall–Kier alpha value is -1.89. The summed E-state index contributed by atoms with van der Waals surface area (Å²) >= 11 is 1.55. The molecule has 0 saturated heterocycles. The molecule has 0 aliphatic carbocycles. The monoisotopic (exact) mass is 314 g/mol. The normalized spacial score (nSPS) is 11.4. The Morgan fingerprint density at radius 1 is 1.29 bits per heavy atom. The van der Waals surface area contributed by atoms with Crippen molar-refractivity contribution in [3.8, 4) is 0 Å². The fourth-order valence-corrected chi connectivity index (χ4v) is 2.50. The molecule has 1 aromatic carbocycles. The molecule has 0 bridgehead atoms. The van der Waals surface area contributed by atoms with Gasteiger partial charge in [-0.2, -0.15) is 13.2 Å². The van der Waals surface area contributed by atoms with Gasteiger partial charge in [0.25, 0.3) is 5.91 Å². The summed E-state index contributed by atoms with van der Waals surface area (Å²) in [4.78, 5) is 17.1. The van der Waals surface area contributed by atoms with E-state index in [2.05, 4.69) is 10.3 Å². The highest BCUT2D eigenvalue weighted by Crippen LogP contribution is 2.29. The molecule has 2 rings (SSSR count). The quantitative estimate of drug-likeness (QED) is 0.939. The summed E-state index contributed by atoms with van der Waals surface area (Å²) in [6, 6.07) is 4.15. The number of aryl methyl sites for hydroxylation is 1. The van der Waals surface area contributed by atoms with Crippen molar-refractivity contribution in [2.75, 3.05) is 6.54 Å². The van der Waals surface area contributed by atoms with Gasteiger partial charge in [0, 0.05) is 29.6 Å². The van der Waals surface area contributed by atoms with Gasteiger partial charge < -0.3 is 5.32 Å². The zero-order valence-electron chi connectivity index (χ0n) is 11.2. The average Bonchev–Trinajstić information content (AvgIpc) is 2.83. The van der Waals surface area contributed by atoms with E-state index in [1.54, 1.807) is 17.5 Å². The molecule has 1 N–H and O–H groups in total. The van der Waals surface area contributed by atoms with Gasteiger partial charge in [-0.25, -0.2) is 4.98 Å². The Kier molecular flexibility index (Phi) is 4.62. The second kappa shape index (κ2) is 6.26. The number of aromatic nitrogens is 1. The van der Waals surface area contributed by atoms with Crippen molar-refractivity contribution in [2.24, 2.45) is 0 Å². The number of halogens is 3. The van der Waals surface area contributed by atoms with E-state index in [1.807, 2.05) is 6.92 Å². The molecule has 7 heteroatoms. The van der Waals surface area contributed by atoms with Crippen LogP contribution in [0.1, 0.15) is 25.8 Å². The van der Waals surface area contributed by atoms with E-state index < -0.39 is 17.6 Å². The minimum absolute atomic E-state index is 0.207. The predicted molar refractivity (Wildman–Crippen MR) is 74.3 cm³/mol. The highest BCUT2D eigenvalue weighted by molar-refractivity contribution is 7.11. The standard InChI is InChI=1S/C14H13F3N2OS/c1-9-8-19-12(21-9)6-7-18-13(20)10-2-4-11(5-3-10)14(15,16)17/h2-5,8H,6-7H2,1H3,(H,18,20). The molecule has 0 saturated carbocycles. The van der Waals surface area contributed by atoms with E-state index in [4.69, 9.17) is 0 Å². The number of hydrogen-bond donors (Lipinski definition) is 1. The lowest BCUT2D eigenvalue weighted by molar-refractivity contribution is -0.137. The van der Waals surface area contributed by atoms with Crippen molar-refractivity contribution in [1.29, 1.82) is 0 Å². The van der Waals surface area contributed by atoms with Crippen LogP contribution in [0.4, 0.5) is 13.2 Å². The molecular weight excluding hydrogens is 301 g/mol. The molecule has 1 aromatic heterocycles. The van der Waals surface area contributed by atoms with Crippen molar-refractivity contribution in [3.05, 3.63) is 51.5 Å². The van der Waals surface area contributed by atoms with Gasteiger partial charge >= 0.3 is 6.18 Å². The summed E-state index contributed by atoms with van der Waals surface area (Å²) in [7, 11) is 0. The van der Waals surface area contributed by atoms with Crippen LogP contribution < -0.4 is 5.32 Å². The Morgan fingerprint density at radius 2 is 1.95 bits per heavy atom. The zero-order chi connectivity index (χ0) is 15.5. The van der Waals surface area contributed by atoms with Crippen LogP contribution in [0.3, 0.4) is 0 Å². The van der Waals surface area contributed by atoms with Crippen LogP contribution in [0.25, 0.3) is 0 Å². The number of benzene rings is 1. The Labute approximate surface area is 123 Å². The number of hydrogen-bond acceptors (Lipinski definition) is 3. The summed E-state index contributed by atoms with van der Waals surface area (Å²) < 4.78 is 37.2. The molecule has 0 aliphatic heterocycles. The number of alkyl halides is 3. The van der Waals surface area contributed by atoms with Gasteiger partial charge in [-0.1, -0.05) is 0 Å². The molecule has 2 aromatic rings. The molecule has 1 heterocycles. The smallest absolute Gasteiger partial charge is 0.352 e. The van der Waals surface area contributed by atoms with Gasteiger partial charge in [-0.05, 0) is 31.2 Å². The molecule has 0 spiro atoms. The van der Waals surface area contributed by atoms with Crippen LogP contribution in [-0.4, -0.2) is 17.4 Å². The van der Waals surface area contributed by atoms with Crippen LogP contribution in [-0.2, 0) is 12.6 Å². The SMILES string of the molecule is Cc1cnc(CCNC(=O)c2ccc(C(F)(F)F)cc2)s1. The summed E-state index contributed by atoms with van der Waals surface area (Å²) in [6.45, 7) is 2.34. The first-order chi connectivity index (χ1) is 9.86. The zero-order valence-corrected chi connectivity index (χ0v) is 12.0. The van der Waals surface area contributed by atoms with E-state index in [9.17, 15) is 18.0 Å². The predicted octanol–water partition coefficient (Wildman–Crippen LogP) is 3.44. The van der Waals surface area contributed by atoms with Gasteiger partial charge in [-0.3, -0.25) is 4.79 Å². The first-order valence-electron chi connectivity index (χ1n) is 6.23. The van der Waals surface area contributed by atoms with E-state index in [0.29, 0.717) is 13.0 Å². The molecule has 3 nitrogen and oxygen atoms in total. The van der Waals surface area contributed by atoms with Gasteiger partial charge in [0.15, 0.2) is 0 Å². The summed E-state index contributed by atoms with van der Waals surface area (Å²) in [5, 5.41) is 3.58. The minimum atomic E-state index is -4.39. The lowest BCUT2D eigenvalue weighted by Gasteiger charge is -2.08. The third kappa shape index (κ3) is 4.29. The molecule has 0 fully saturated rings. The van der Waals surface area contributed by atoms with Crippen LogP contribution in [0.15, 0.2) is 30.5 Å². The molecule has 1 amide bonds. The first kappa shape index (κ1) is 15.5.